The van der Waals surface area contributed by atoms with E-state index in [9.17, 15) is 4.79 Å². The lowest BCUT2D eigenvalue weighted by Gasteiger charge is -2.18. The maximum absolute atomic E-state index is 12.6. The van der Waals surface area contributed by atoms with Gasteiger partial charge in [-0.3, -0.25) is 4.79 Å². The Labute approximate surface area is 144 Å². The Kier molecular flexibility index (Phi) is 4.53. The van der Waals surface area contributed by atoms with E-state index in [2.05, 4.69) is 28.1 Å². The molecule has 122 valence electrons. The molecule has 3 aromatic heterocycles. The lowest BCUT2D eigenvalue weighted by molar-refractivity contribution is 0.0786. The highest BCUT2D eigenvalue weighted by molar-refractivity contribution is 6.34. The molecule has 3 aromatic rings. The summed E-state index contributed by atoms with van der Waals surface area (Å²) in [6.45, 7) is 8.28. The van der Waals surface area contributed by atoms with Gasteiger partial charge in [-0.05, 0) is 12.1 Å². The zero-order valence-corrected chi connectivity index (χ0v) is 13.8. The maximum Gasteiger partial charge on any atom is 0.270 e. The van der Waals surface area contributed by atoms with Crippen LogP contribution in [0.5, 0.6) is 0 Å². The molecule has 0 saturated carbocycles. The lowest BCUT2D eigenvalue weighted by Crippen LogP contribution is -2.31. The van der Waals surface area contributed by atoms with Crippen LogP contribution in [0.3, 0.4) is 0 Å². The molecule has 0 atom stereocenters. The first-order valence-corrected chi connectivity index (χ1v) is 7.85. The number of aromatic amines is 2. The van der Waals surface area contributed by atoms with Crippen molar-refractivity contribution < 1.29 is 4.79 Å². The number of halogens is 1. The first-order chi connectivity index (χ1) is 11.7. The fourth-order valence-corrected chi connectivity index (χ4v) is 2.92. The minimum absolute atomic E-state index is 0.114. The Morgan fingerprint density at radius 3 is 2.75 bits per heavy atom. The van der Waals surface area contributed by atoms with Gasteiger partial charge >= 0.3 is 0 Å². The van der Waals surface area contributed by atoms with Crippen molar-refractivity contribution in [2.45, 2.75) is 0 Å². The Morgan fingerprint density at radius 2 is 2.04 bits per heavy atom. The molecule has 0 bridgehead atoms. The summed E-state index contributed by atoms with van der Waals surface area (Å²) in [5.74, 6) is -0.114. The Hall–Kier alpha value is -2.79. The van der Waals surface area contributed by atoms with E-state index in [-0.39, 0.29) is 5.91 Å². The number of hydrogen-bond acceptors (Lipinski definition) is 2. The van der Waals surface area contributed by atoms with Crippen molar-refractivity contribution in [2.75, 3.05) is 13.1 Å². The fourth-order valence-electron chi connectivity index (χ4n) is 2.66. The highest BCUT2D eigenvalue weighted by Gasteiger charge is 2.18. The summed E-state index contributed by atoms with van der Waals surface area (Å²) in [5.41, 5.74) is 2.93. The number of fused-ring (bicyclic) bond motifs is 1. The van der Waals surface area contributed by atoms with Gasteiger partial charge in [-0.15, -0.1) is 13.2 Å². The number of nitrogens with zero attached hydrogens (tertiary/aromatic N) is 2. The van der Waals surface area contributed by atoms with Crippen LogP contribution >= 0.6 is 11.6 Å². The van der Waals surface area contributed by atoms with Gasteiger partial charge in [0.1, 0.15) is 11.3 Å². The fraction of sp³-hybridized carbons (Fsp3) is 0.111. The predicted molar refractivity (Wildman–Crippen MR) is 97.2 cm³/mol. The molecule has 0 aliphatic rings. The lowest BCUT2D eigenvalue weighted by atomic mass is 10.1. The van der Waals surface area contributed by atoms with Crippen molar-refractivity contribution in [3.05, 3.63) is 66.7 Å². The molecule has 0 aromatic carbocycles. The zero-order chi connectivity index (χ0) is 17.1. The van der Waals surface area contributed by atoms with Gasteiger partial charge in [-0.2, -0.15) is 0 Å². The third kappa shape index (κ3) is 2.86. The quantitative estimate of drug-likeness (QED) is 0.665. The van der Waals surface area contributed by atoms with Gasteiger partial charge in [-0.25, -0.2) is 4.98 Å². The van der Waals surface area contributed by atoms with E-state index < -0.39 is 0 Å². The van der Waals surface area contributed by atoms with Crippen molar-refractivity contribution >= 4 is 28.5 Å². The predicted octanol–water partition coefficient (Wildman–Crippen LogP) is 4.03. The number of H-pyrrole nitrogens is 2. The van der Waals surface area contributed by atoms with Crippen molar-refractivity contribution in [2.24, 2.45) is 0 Å². The summed E-state index contributed by atoms with van der Waals surface area (Å²) in [7, 11) is 0. The van der Waals surface area contributed by atoms with Gasteiger partial charge in [0.05, 0.1) is 5.02 Å². The maximum atomic E-state index is 12.6. The molecule has 6 heteroatoms. The monoisotopic (exact) mass is 340 g/mol. The average molecular weight is 341 g/mol. The van der Waals surface area contributed by atoms with Gasteiger partial charge in [-0.1, -0.05) is 23.8 Å². The van der Waals surface area contributed by atoms with Crippen LogP contribution < -0.4 is 0 Å². The second-order valence-corrected chi connectivity index (χ2v) is 5.72. The molecule has 0 aliphatic carbocycles. The van der Waals surface area contributed by atoms with Crippen LogP contribution in [0.1, 0.15) is 10.5 Å². The number of pyridine rings is 1. The smallest absolute Gasteiger partial charge is 0.270 e. The first-order valence-electron chi connectivity index (χ1n) is 7.47. The van der Waals surface area contributed by atoms with Crippen LogP contribution in [0.15, 0.2) is 56.0 Å². The molecule has 5 nitrogen and oxygen atoms in total. The molecule has 3 rings (SSSR count). The van der Waals surface area contributed by atoms with E-state index in [1.54, 1.807) is 35.5 Å². The second kappa shape index (κ2) is 6.76. The van der Waals surface area contributed by atoms with Crippen molar-refractivity contribution in [1.29, 1.82) is 0 Å². The molecular formula is C18H17ClN4O. The summed E-state index contributed by atoms with van der Waals surface area (Å²) in [6, 6.07) is 3.72. The van der Waals surface area contributed by atoms with E-state index in [4.69, 9.17) is 11.6 Å². The van der Waals surface area contributed by atoms with Crippen LogP contribution in [0, 0.1) is 0 Å². The topological polar surface area (TPSA) is 64.8 Å². The number of carbonyl (C=O) groups is 1. The van der Waals surface area contributed by atoms with Crippen molar-refractivity contribution in [1.82, 2.24) is 19.9 Å². The van der Waals surface area contributed by atoms with Crippen LogP contribution in [0.4, 0.5) is 0 Å². The Balaban J connectivity index is 1.99. The number of nitrogens with one attached hydrogen (secondary N) is 2. The molecule has 0 spiro atoms. The number of carbonyl (C=O) groups excluding carboxylic acids is 1. The van der Waals surface area contributed by atoms with Crippen LogP contribution in [0.25, 0.3) is 22.2 Å². The minimum Gasteiger partial charge on any atom is -0.357 e. The van der Waals surface area contributed by atoms with E-state index >= 15 is 0 Å². The van der Waals surface area contributed by atoms with Gasteiger partial charge < -0.3 is 14.9 Å². The number of aromatic nitrogens is 3. The van der Waals surface area contributed by atoms with Crippen LogP contribution in [-0.2, 0) is 0 Å². The summed E-state index contributed by atoms with van der Waals surface area (Å²) < 4.78 is 0. The largest absolute Gasteiger partial charge is 0.357 e. The molecule has 1 amide bonds. The molecule has 0 radical (unpaired) electrons. The van der Waals surface area contributed by atoms with Crippen LogP contribution in [-0.4, -0.2) is 38.8 Å². The third-order valence-corrected chi connectivity index (χ3v) is 4.02. The van der Waals surface area contributed by atoms with Gasteiger partial charge in [0, 0.05) is 48.2 Å². The molecule has 2 N–H and O–H groups in total. The van der Waals surface area contributed by atoms with E-state index in [0.717, 1.165) is 22.2 Å². The van der Waals surface area contributed by atoms with Crippen LogP contribution in [0.2, 0.25) is 5.02 Å². The zero-order valence-electron chi connectivity index (χ0n) is 13.1. The molecule has 0 saturated heterocycles. The SMILES string of the molecule is C=CCN(CC=C)C(=O)c1cc(-c2c(Cl)cnc3[nH]ccc23)c[nH]1. The number of amides is 1. The summed E-state index contributed by atoms with van der Waals surface area (Å²) in [6.07, 6.45) is 8.57. The van der Waals surface area contributed by atoms with Gasteiger partial charge in [0.25, 0.3) is 5.91 Å². The molecular weight excluding hydrogens is 324 g/mol. The van der Waals surface area contributed by atoms with E-state index in [0.29, 0.717) is 23.8 Å². The number of rotatable bonds is 6. The summed E-state index contributed by atoms with van der Waals surface area (Å²) >= 11 is 6.33. The van der Waals surface area contributed by atoms with Crippen molar-refractivity contribution in [3.63, 3.8) is 0 Å². The van der Waals surface area contributed by atoms with Crippen molar-refractivity contribution in [3.8, 4) is 11.1 Å². The summed E-state index contributed by atoms with van der Waals surface area (Å²) in [4.78, 5) is 24.6. The van der Waals surface area contributed by atoms with E-state index in [1.807, 2.05) is 12.3 Å². The highest BCUT2D eigenvalue weighted by atomic mass is 35.5. The molecule has 0 fully saturated rings. The first kappa shape index (κ1) is 16.1. The minimum atomic E-state index is -0.114. The highest BCUT2D eigenvalue weighted by Crippen LogP contribution is 2.34. The normalized spacial score (nSPS) is 10.7. The molecule has 24 heavy (non-hydrogen) atoms. The Morgan fingerprint density at radius 1 is 1.29 bits per heavy atom. The Bertz CT molecular complexity index is 899. The third-order valence-electron chi connectivity index (χ3n) is 3.73. The van der Waals surface area contributed by atoms with Gasteiger partial charge in [0.2, 0.25) is 0 Å². The summed E-state index contributed by atoms with van der Waals surface area (Å²) in [5, 5.41) is 1.45. The molecule has 0 aliphatic heterocycles. The molecule has 3 heterocycles. The standard InChI is InChI=1S/C18H17ClN4O/c1-3-7-23(8-4-2)18(24)15-9-12(10-21-15)16-13-5-6-20-17(13)22-11-14(16)19/h3-6,9-11,21H,1-2,7-8H2,(H,20,22). The second-order valence-electron chi connectivity index (χ2n) is 5.31. The molecule has 0 unspecified atom stereocenters. The van der Waals surface area contributed by atoms with Gasteiger partial charge in [0.15, 0.2) is 0 Å². The number of hydrogen-bond donors (Lipinski definition) is 2. The van der Waals surface area contributed by atoms with E-state index in [1.165, 1.54) is 0 Å². The average Bonchev–Trinajstić information content (AvgIpc) is 3.23.